The maximum absolute atomic E-state index is 6.19. The van der Waals surface area contributed by atoms with Crippen molar-refractivity contribution in [3.63, 3.8) is 0 Å². The van der Waals surface area contributed by atoms with Crippen molar-refractivity contribution < 1.29 is 0 Å². The standard InChI is InChI=1S/C15H10Cl2N4.C2H6/c1-9-5-4-8-12(17)13(9)15-20-18-14(19-21-15)10-6-2-3-7-11(10)16;1-2/h2-8H,1H3;1-2H3. The zero-order chi connectivity index (χ0) is 16.8. The predicted molar refractivity (Wildman–Crippen MR) is 94.6 cm³/mol. The molecule has 0 unspecified atom stereocenters. The Balaban J connectivity index is 0.000000924. The van der Waals surface area contributed by atoms with Gasteiger partial charge in [0.1, 0.15) is 0 Å². The van der Waals surface area contributed by atoms with Gasteiger partial charge in [0.25, 0.3) is 0 Å². The van der Waals surface area contributed by atoms with Crippen LogP contribution in [0.1, 0.15) is 19.4 Å². The number of rotatable bonds is 2. The lowest BCUT2D eigenvalue weighted by atomic mass is 10.1. The summed E-state index contributed by atoms with van der Waals surface area (Å²) in [5.74, 6) is 0.781. The second-order valence-corrected chi connectivity index (χ2v) is 5.27. The molecule has 0 bridgehead atoms. The highest BCUT2D eigenvalue weighted by molar-refractivity contribution is 6.33. The van der Waals surface area contributed by atoms with E-state index in [9.17, 15) is 0 Å². The van der Waals surface area contributed by atoms with Gasteiger partial charge in [-0.2, -0.15) is 0 Å². The first kappa shape index (κ1) is 17.3. The number of halogens is 2. The first-order chi connectivity index (χ1) is 11.2. The Morgan fingerprint density at radius 3 is 1.87 bits per heavy atom. The fourth-order valence-corrected chi connectivity index (χ4v) is 2.52. The molecule has 4 nitrogen and oxygen atoms in total. The van der Waals surface area contributed by atoms with Gasteiger partial charge in [0, 0.05) is 11.1 Å². The third-order valence-electron chi connectivity index (χ3n) is 3.04. The molecule has 0 aliphatic carbocycles. The van der Waals surface area contributed by atoms with Crippen LogP contribution in [-0.4, -0.2) is 20.4 Å². The van der Waals surface area contributed by atoms with E-state index in [2.05, 4.69) is 20.4 Å². The minimum absolute atomic E-state index is 0.383. The molecule has 6 heteroatoms. The molecule has 3 aromatic rings. The second kappa shape index (κ2) is 7.99. The number of aryl methyl sites for hydroxylation is 1. The third kappa shape index (κ3) is 3.84. The van der Waals surface area contributed by atoms with Crippen LogP contribution >= 0.6 is 23.2 Å². The van der Waals surface area contributed by atoms with Crippen molar-refractivity contribution in [1.29, 1.82) is 0 Å². The molecular weight excluding hydrogens is 331 g/mol. The Hall–Kier alpha value is -2.04. The zero-order valence-corrected chi connectivity index (χ0v) is 14.6. The van der Waals surface area contributed by atoms with E-state index in [4.69, 9.17) is 23.2 Å². The van der Waals surface area contributed by atoms with Crippen molar-refractivity contribution in [2.24, 2.45) is 0 Å². The fourth-order valence-electron chi connectivity index (χ4n) is 1.99. The molecule has 1 aromatic heterocycles. The summed E-state index contributed by atoms with van der Waals surface area (Å²) in [6.07, 6.45) is 0. The quantitative estimate of drug-likeness (QED) is 0.636. The van der Waals surface area contributed by atoms with Gasteiger partial charge in [-0.1, -0.05) is 61.3 Å². The number of benzene rings is 2. The normalized spacial score (nSPS) is 9.96. The fraction of sp³-hybridized carbons (Fsp3) is 0.176. The average molecular weight is 347 g/mol. The molecule has 3 rings (SSSR count). The predicted octanol–water partition coefficient (Wildman–Crippen LogP) is 5.24. The molecule has 0 aliphatic rings. The molecular formula is C17H16Cl2N4. The third-order valence-corrected chi connectivity index (χ3v) is 3.68. The molecule has 0 spiro atoms. The Labute approximate surface area is 145 Å². The van der Waals surface area contributed by atoms with Crippen LogP contribution in [0.4, 0.5) is 0 Å². The highest BCUT2D eigenvalue weighted by Crippen LogP contribution is 2.28. The summed E-state index contributed by atoms with van der Waals surface area (Å²) in [4.78, 5) is 0. The van der Waals surface area contributed by atoms with Crippen LogP contribution in [0.2, 0.25) is 10.0 Å². The van der Waals surface area contributed by atoms with Crippen molar-refractivity contribution >= 4 is 23.2 Å². The molecule has 0 saturated heterocycles. The lowest BCUT2D eigenvalue weighted by Crippen LogP contribution is -2.01. The Morgan fingerprint density at radius 1 is 0.696 bits per heavy atom. The van der Waals surface area contributed by atoms with Crippen LogP contribution in [0.5, 0.6) is 0 Å². The molecule has 23 heavy (non-hydrogen) atoms. The van der Waals surface area contributed by atoms with E-state index in [1.165, 1.54) is 0 Å². The Kier molecular flexibility index (Phi) is 6.02. The van der Waals surface area contributed by atoms with Gasteiger partial charge in [0.05, 0.1) is 10.0 Å². The van der Waals surface area contributed by atoms with E-state index in [1.807, 2.05) is 51.1 Å². The van der Waals surface area contributed by atoms with Gasteiger partial charge in [-0.05, 0) is 30.7 Å². The van der Waals surface area contributed by atoms with Crippen molar-refractivity contribution in [2.45, 2.75) is 20.8 Å². The number of hydrogen-bond acceptors (Lipinski definition) is 4. The summed E-state index contributed by atoms with van der Waals surface area (Å²) in [6.45, 7) is 5.94. The van der Waals surface area contributed by atoms with Crippen LogP contribution in [-0.2, 0) is 0 Å². The van der Waals surface area contributed by atoms with Crippen molar-refractivity contribution in [3.05, 3.63) is 58.1 Å². The minimum Gasteiger partial charge on any atom is -0.126 e. The molecule has 0 aliphatic heterocycles. The highest BCUT2D eigenvalue weighted by atomic mass is 35.5. The molecule has 1 heterocycles. The first-order valence-electron chi connectivity index (χ1n) is 7.24. The minimum atomic E-state index is 0.383. The molecule has 0 N–H and O–H groups in total. The van der Waals surface area contributed by atoms with Gasteiger partial charge < -0.3 is 0 Å². The van der Waals surface area contributed by atoms with Gasteiger partial charge >= 0.3 is 0 Å². The maximum atomic E-state index is 6.19. The Bertz CT molecular complexity index is 769. The van der Waals surface area contributed by atoms with E-state index in [-0.39, 0.29) is 0 Å². The monoisotopic (exact) mass is 346 g/mol. The van der Waals surface area contributed by atoms with Gasteiger partial charge in [-0.15, -0.1) is 20.4 Å². The van der Waals surface area contributed by atoms with Crippen LogP contribution in [0, 0.1) is 6.92 Å². The molecule has 0 saturated carbocycles. The number of aromatic nitrogens is 4. The summed E-state index contributed by atoms with van der Waals surface area (Å²) in [5.41, 5.74) is 2.41. The SMILES string of the molecule is CC.Cc1cccc(Cl)c1-c1nnc(-c2ccccc2Cl)nn1. The smallest absolute Gasteiger partial charge is 0.126 e. The molecule has 2 aromatic carbocycles. The molecule has 0 radical (unpaired) electrons. The van der Waals surface area contributed by atoms with Gasteiger partial charge in [0.2, 0.25) is 11.6 Å². The number of nitrogens with zero attached hydrogens (tertiary/aromatic N) is 4. The summed E-state index contributed by atoms with van der Waals surface area (Å²) >= 11 is 12.3. The first-order valence-corrected chi connectivity index (χ1v) is 8.00. The molecule has 0 atom stereocenters. The van der Waals surface area contributed by atoms with Crippen LogP contribution in [0.15, 0.2) is 42.5 Å². The molecule has 0 fully saturated rings. The Morgan fingerprint density at radius 2 is 1.26 bits per heavy atom. The van der Waals surface area contributed by atoms with Gasteiger partial charge in [-0.3, -0.25) is 0 Å². The zero-order valence-electron chi connectivity index (χ0n) is 13.1. The molecule has 118 valence electrons. The van der Waals surface area contributed by atoms with E-state index in [0.29, 0.717) is 27.3 Å². The molecule has 0 amide bonds. The number of hydrogen-bond donors (Lipinski definition) is 0. The largest absolute Gasteiger partial charge is 0.205 e. The van der Waals surface area contributed by atoms with Gasteiger partial charge in [-0.25, -0.2) is 0 Å². The lowest BCUT2D eigenvalue weighted by molar-refractivity contribution is 0.875. The van der Waals surface area contributed by atoms with E-state index < -0.39 is 0 Å². The van der Waals surface area contributed by atoms with Crippen LogP contribution < -0.4 is 0 Å². The van der Waals surface area contributed by atoms with E-state index in [0.717, 1.165) is 11.1 Å². The van der Waals surface area contributed by atoms with Crippen molar-refractivity contribution in [1.82, 2.24) is 20.4 Å². The van der Waals surface area contributed by atoms with E-state index >= 15 is 0 Å². The average Bonchev–Trinajstić information content (AvgIpc) is 2.58. The summed E-state index contributed by atoms with van der Waals surface area (Å²) < 4.78 is 0. The van der Waals surface area contributed by atoms with Crippen molar-refractivity contribution in [2.75, 3.05) is 0 Å². The summed E-state index contributed by atoms with van der Waals surface area (Å²) in [5, 5.41) is 17.6. The van der Waals surface area contributed by atoms with E-state index in [1.54, 1.807) is 12.1 Å². The highest BCUT2D eigenvalue weighted by Gasteiger charge is 2.13. The topological polar surface area (TPSA) is 51.6 Å². The van der Waals surface area contributed by atoms with Crippen molar-refractivity contribution in [3.8, 4) is 22.8 Å². The second-order valence-electron chi connectivity index (χ2n) is 4.46. The van der Waals surface area contributed by atoms with Gasteiger partial charge in [0.15, 0.2) is 0 Å². The summed E-state index contributed by atoms with van der Waals surface area (Å²) in [6, 6.07) is 12.9. The summed E-state index contributed by atoms with van der Waals surface area (Å²) in [7, 11) is 0. The van der Waals surface area contributed by atoms with Crippen LogP contribution in [0.3, 0.4) is 0 Å². The lowest BCUT2D eigenvalue weighted by Gasteiger charge is -2.06. The van der Waals surface area contributed by atoms with Crippen LogP contribution in [0.25, 0.3) is 22.8 Å². The maximum Gasteiger partial charge on any atom is 0.205 e.